The summed E-state index contributed by atoms with van der Waals surface area (Å²) in [6.45, 7) is 8.40. The van der Waals surface area contributed by atoms with Gasteiger partial charge in [0, 0.05) is 12.6 Å². The van der Waals surface area contributed by atoms with Crippen molar-refractivity contribution in [3.63, 3.8) is 0 Å². The number of hydrogen-bond donors (Lipinski definition) is 2. The number of nitrogens with one attached hydrogen (secondary N) is 2. The number of aryl methyl sites for hydroxylation is 1. The van der Waals surface area contributed by atoms with Crippen molar-refractivity contribution in [3.05, 3.63) is 17.8 Å². The van der Waals surface area contributed by atoms with Crippen LogP contribution in [0.25, 0.3) is 0 Å². The summed E-state index contributed by atoms with van der Waals surface area (Å²) in [6, 6.07) is 0.682. The summed E-state index contributed by atoms with van der Waals surface area (Å²) >= 11 is 0. The number of rotatable bonds is 4. The molecule has 2 rings (SSSR count). The predicted molar refractivity (Wildman–Crippen MR) is 63.2 cm³/mol. The van der Waals surface area contributed by atoms with E-state index in [0.29, 0.717) is 12.0 Å². The van der Waals surface area contributed by atoms with Crippen LogP contribution in [0, 0.1) is 12.8 Å². The highest BCUT2D eigenvalue weighted by Crippen LogP contribution is 2.26. The van der Waals surface area contributed by atoms with Gasteiger partial charge in [-0.1, -0.05) is 13.8 Å². The number of hydrogen-bond acceptors (Lipinski definition) is 4. The van der Waals surface area contributed by atoms with Crippen LogP contribution in [0.5, 0.6) is 0 Å². The minimum atomic E-state index is 0.240. The van der Waals surface area contributed by atoms with E-state index < -0.39 is 0 Å². The summed E-state index contributed by atoms with van der Waals surface area (Å²) in [5.74, 6) is 2.30. The molecule has 2 unspecified atom stereocenters. The molecule has 1 saturated heterocycles. The Balaban J connectivity index is 2.13. The molecule has 2 heterocycles. The Hall–Kier alpha value is -0.870. The first kappa shape index (κ1) is 11.6. The fraction of sp³-hybridized carbons (Fsp3) is 0.750. The van der Waals surface area contributed by atoms with Crippen molar-refractivity contribution in [2.75, 3.05) is 13.1 Å². The van der Waals surface area contributed by atoms with Crippen LogP contribution >= 0.6 is 0 Å². The summed E-state index contributed by atoms with van der Waals surface area (Å²) in [5, 5.41) is 6.95. The molecule has 0 saturated carbocycles. The van der Waals surface area contributed by atoms with E-state index in [1.807, 2.05) is 6.92 Å². The van der Waals surface area contributed by atoms with E-state index in [1.165, 1.54) is 6.42 Å². The van der Waals surface area contributed by atoms with Gasteiger partial charge in [0.2, 0.25) is 5.89 Å². The SMILES string of the molecule is Cc1cnc(C(NC(C)C)C2CCNC2)o1. The first-order chi connectivity index (χ1) is 7.66. The second kappa shape index (κ2) is 4.97. The van der Waals surface area contributed by atoms with Gasteiger partial charge < -0.3 is 15.1 Å². The van der Waals surface area contributed by atoms with E-state index in [4.69, 9.17) is 4.42 Å². The van der Waals surface area contributed by atoms with Gasteiger partial charge in [-0.2, -0.15) is 0 Å². The van der Waals surface area contributed by atoms with Gasteiger partial charge in [0.25, 0.3) is 0 Å². The van der Waals surface area contributed by atoms with Crippen LogP contribution in [0.1, 0.15) is 38.0 Å². The summed E-state index contributed by atoms with van der Waals surface area (Å²) < 4.78 is 5.66. The average molecular weight is 223 g/mol. The zero-order chi connectivity index (χ0) is 11.5. The third-order valence-corrected chi connectivity index (χ3v) is 2.99. The van der Waals surface area contributed by atoms with Crippen molar-refractivity contribution in [1.82, 2.24) is 15.6 Å². The molecule has 0 spiro atoms. The van der Waals surface area contributed by atoms with Gasteiger partial charge >= 0.3 is 0 Å². The largest absolute Gasteiger partial charge is 0.444 e. The molecule has 4 nitrogen and oxygen atoms in total. The molecular formula is C12H21N3O. The highest BCUT2D eigenvalue weighted by Gasteiger charge is 2.29. The standard InChI is InChI=1S/C12H21N3O/c1-8(2)15-11(10-4-5-13-7-10)12-14-6-9(3)16-12/h6,8,10-11,13,15H,4-5,7H2,1-3H3. The molecule has 1 aliphatic heterocycles. The molecule has 4 heteroatoms. The highest BCUT2D eigenvalue weighted by molar-refractivity contribution is 5.00. The van der Waals surface area contributed by atoms with Crippen molar-refractivity contribution in [1.29, 1.82) is 0 Å². The van der Waals surface area contributed by atoms with E-state index in [0.717, 1.165) is 24.7 Å². The zero-order valence-electron chi connectivity index (χ0n) is 10.3. The van der Waals surface area contributed by atoms with E-state index >= 15 is 0 Å². The molecule has 16 heavy (non-hydrogen) atoms. The maximum absolute atomic E-state index is 5.66. The number of oxazole rings is 1. The first-order valence-electron chi connectivity index (χ1n) is 6.06. The van der Waals surface area contributed by atoms with Crippen molar-refractivity contribution < 1.29 is 4.42 Å². The lowest BCUT2D eigenvalue weighted by Crippen LogP contribution is -2.34. The molecule has 1 aromatic heterocycles. The summed E-state index contributed by atoms with van der Waals surface area (Å²) in [7, 11) is 0. The predicted octanol–water partition coefficient (Wildman–Crippen LogP) is 1.63. The van der Waals surface area contributed by atoms with Crippen LogP contribution in [0.4, 0.5) is 0 Å². The van der Waals surface area contributed by atoms with Gasteiger partial charge in [0.1, 0.15) is 5.76 Å². The van der Waals surface area contributed by atoms with Crippen molar-refractivity contribution >= 4 is 0 Å². The van der Waals surface area contributed by atoms with E-state index in [9.17, 15) is 0 Å². The first-order valence-corrected chi connectivity index (χ1v) is 6.06. The van der Waals surface area contributed by atoms with Crippen molar-refractivity contribution in [3.8, 4) is 0 Å². The monoisotopic (exact) mass is 223 g/mol. The van der Waals surface area contributed by atoms with Gasteiger partial charge in [-0.05, 0) is 25.8 Å². The number of nitrogens with zero attached hydrogens (tertiary/aromatic N) is 1. The molecule has 2 atom stereocenters. The smallest absolute Gasteiger partial charge is 0.211 e. The maximum atomic E-state index is 5.66. The van der Waals surface area contributed by atoms with Crippen LogP contribution in [-0.2, 0) is 0 Å². The number of aromatic nitrogens is 1. The lowest BCUT2D eigenvalue weighted by atomic mass is 9.98. The fourth-order valence-corrected chi connectivity index (χ4v) is 2.25. The minimum Gasteiger partial charge on any atom is -0.444 e. The molecule has 0 aliphatic carbocycles. The Labute approximate surface area is 96.8 Å². The second-order valence-corrected chi connectivity index (χ2v) is 4.86. The highest BCUT2D eigenvalue weighted by atomic mass is 16.4. The van der Waals surface area contributed by atoms with Crippen molar-refractivity contribution in [2.45, 2.75) is 39.3 Å². The van der Waals surface area contributed by atoms with Crippen LogP contribution in [-0.4, -0.2) is 24.1 Å². The van der Waals surface area contributed by atoms with E-state index in [2.05, 4.69) is 29.5 Å². The Morgan fingerprint density at radius 2 is 2.38 bits per heavy atom. The van der Waals surface area contributed by atoms with Gasteiger partial charge in [0.15, 0.2) is 0 Å². The van der Waals surface area contributed by atoms with Crippen LogP contribution in [0.3, 0.4) is 0 Å². The van der Waals surface area contributed by atoms with Crippen LogP contribution < -0.4 is 10.6 Å². The lowest BCUT2D eigenvalue weighted by Gasteiger charge is -2.23. The van der Waals surface area contributed by atoms with E-state index in [1.54, 1.807) is 6.20 Å². The van der Waals surface area contributed by atoms with Gasteiger partial charge in [-0.25, -0.2) is 4.98 Å². The van der Waals surface area contributed by atoms with Gasteiger partial charge in [0.05, 0.1) is 12.2 Å². The van der Waals surface area contributed by atoms with Crippen LogP contribution in [0.15, 0.2) is 10.6 Å². The third-order valence-electron chi connectivity index (χ3n) is 2.99. The zero-order valence-corrected chi connectivity index (χ0v) is 10.3. The quantitative estimate of drug-likeness (QED) is 0.814. The topological polar surface area (TPSA) is 50.1 Å². The minimum absolute atomic E-state index is 0.240. The maximum Gasteiger partial charge on any atom is 0.211 e. The molecule has 0 bridgehead atoms. The summed E-state index contributed by atoms with van der Waals surface area (Å²) in [5.41, 5.74) is 0. The Morgan fingerprint density at radius 3 is 2.88 bits per heavy atom. The molecule has 0 radical (unpaired) electrons. The summed E-state index contributed by atoms with van der Waals surface area (Å²) in [6.07, 6.45) is 2.98. The Bertz CT molecular complexity index is 329. The van der Waals surface area contributed by atoms with E-state index in [-0.39, 0.29) is 6.04 Å². The Morgan fingerprint density at radius 1 is 1.56 bits per heavy atom. The molecule has 1 aliphatic rings. The van der Waals surface area contributed by atoms with Crippen molar-refractivity contribution in [2.24, 2.45) is 5.92 Å². The summed E-state index contributed by atoms with van der Waals surface area (Å²) in [4.78, 5) is 4.36. The third kappa shape index (κ3) is 2.62. The molecule has 90 valence electrons. The molecule has 1 fully saturated rings. The molecule has 0 aromatic carbocycles. The lowest BCUT2D eigenvalue weighted by molar-refractivity contribution is 0.293. The Kier molecular flexibility index (Phi) is 3.61. The molecule has 2 N–H and O–H groups in total. The van der Waals surface area contributed by atoms with Gasteiger partial charge in [-0.3, -0.25) is 0 Å². The normalized spacial score (nSPS) is 22.9. The molecule has 1 aromatic rings. The second-order valence-electron chi connectivity index (χ2n) is 4.86. The van der Waals surface area contributed by atoms with Gasteiger partial charge in [-0.15, -0.1) is 0 Å². The average Bonchev–Trinajstić information content (AvgIpc) is 2.84. The molecule has 0 amide bonds. The molecular weight excluding hydrogens is 202 g/mol. The fourth-order valence-electron chi connectivity index (χ4n) is 2.25. The van der Waals surface area contributed by atoms with Crippen LogP contribution in [0.2, 0.25) is 0 Å².